The Bertz CT molecular complexity index is 723. The summed E-state index contributed by atoms with van der Waals surface area (Å²) in [5, 5.41) is 11.0. The smallest absolute Gasteiger partial charge is 0.255 e. The molecule has 2 aliphatic heterocycles. The van der Waals surface area contributed by atoms with Gasteiger partial charge in [0.1, 0.15) is 17.9 Å². The first-order valence-corrected chi connectivity index (χ1v) is 6.38. The first-order valence-electron chi connectivity index (χ1n) is 6.38. The molecule has 1 saturated heterocycles. The van der Waals surface area contributed by atoms with Crippen molar-refractivity contribution in [1.29, 1.82) is 5.26 Å². The van der Waals surface area contributed by atoms with Gasteiger partial charge in [0, 0.05) is 18.5 Å². The number of piperidine rings is 1. The van der Waals surface area contributed by atoms with E-state index in [2.05, 4.69) is 5.32 Å². The summed E-state index contributed by atoms with van der Waals surface area (Å²) in [6, 6.07) is 3.34. The van der Waals surface area contributed by atoms with Gasteiger partial charge in [-0.15, -0.1) is 0 Å². The molecular formula is C14H10FN3O3. The van der Waals surface area contributed by atoms with Crippen LogP contribution >= 0.6 is 0 Å². The number of halogens is 1. The molecule has 1 aromatic rings. The summed E-state index contributed by atoms with van der Waals surface area (Å²) in [5.74, 6) is -2.09. The van der Waals surface area contributed by atoms with Gasteiger partial charge in [-0.25, -0.2) is 4.39 Å². The first-order chi connectivity index (χ1) is 10.0. The number of hydrogen-bond acceptors (Lipinski definition) is 4. The van der Waals surface area contributed by atoms with Crippen LogP contribution in [0.15, 0.2) is 12.1 Å². The molecule has 0 bridgehead atoms. The van der Waals surface area contributed by atoms with Gasteiger partial charge in [0.05, 0.1) is 5.56 Å². The molecule has 0 aromatic heterocycles. The van der Waals surface area contributed by atoms with Gasteiger partial charge in [-0.2, -0.15) is 5.26 Å². The predicted octanol–water partition coefficient (Wildman–Crippen LogP) is 0.458. The number of carbonyl (C=O) groups is 3. The van der Waals surface area contributed by atoms with Crippen LogP contribution in [0.2, 0.25) is 0 Å². The zero-order valence-electron chi connectivity index (χ0n) is 10.9. The lowest BCUT2D eigenvalue weighted by molar-refractivity contribution is -0.136. The molecular weight excluding hydrogens is 277 g/mol. The summed E-state index contributed by atoms with van der Waals surface area (Å²) >= 11 is 0. The average molecular weight is 287 g/mol. The van der Waals surface area contributed by atoms with Crippen LogP contribution in [-0.2, 0) is 16.1 Å². The number of nitriles is 1. The summed E-state index contributed by atoms with van der Waals surface area (Å²) < 4.78 is 13.6. The van der Waals surface area contributed by atoms with Gasteiger partial charge in [-0.05, 0) is 24.1 Å². The first kappa shape index (κ1) is 13.2. The minimum atomic E-state index is -0.755. The van der Waals surface area contributed by atoms with Crippen molar-refractivity contribution in [2.45, 2.75) is 25.4 Å². The molecule has 1 aromatic carbocycles. The fourth-order valence-corrected chi connectivity index (χ4v) is 2.67. The maximum absolute atomic E-state index is 13.6. The molecule has 1 N–H and O–H groups in total. The number of nitrogens with one attached hydrogen (secondary N) is 1. The monoisotopic (exact) mass is 287 g/mol. The third-order valence-corrected chi connectivity index (χ3v) is 3.73. The highest BCUT2D eigenvalue weighted by Crippen LogP contribution is 2.29. The highest BCUT2D eigenvalue weighted by atomic mass is 19.1. The zero-order valence-corrected chi connectivity index (χ0v) is 10.9. The van der Waals surface area contributed by atoms with Crippen molar-refractivity contribution in [3.63, 3.8) is 0 Å². The molecule has 6 nitrogen and oxygen atoms in total. The number of nitrogens with zero attached hydrogens (tertiary/aromatic N) is 2. The third-order valence-electron chi connectivity index (χ3n) is 3.73. The Balaban J connectivity index is 1.92. The SMILES string of the molecule is N#Cc1cc2c(cc1F)C(=O)N(C1CCC(=O)NC1=O)C2. The molecule has 1 atom stereocenters. The van der Waals surface area contributed by atoms with Crippen LogP contribution < -0.4 is 5.32 Å². The van der Waals surface area contributed by atoms with E-state index in [1.807, 2.05) is 0 Å². The van der Waals surface area contributed by atoms with E-state index in [9.17, 15) is 18.8 Å². The molecule has 1 unspecified atom stereocenters. The lowest BCUT2D eigenvalue weighted by atomic mass is 10.0. The second kappa shape index (κ2) is 4.66. The van der Waals surface area contributed by atoms with Crippen molar-refractivity contribution in [2.75, 3.05) is 0 Å². The highest BCUT2D eigenvalue weighted by Gasteiger charge is 2.39. The third kappa shape index (κ3) is 2.05. The van der Waals surface area contributed by atoms with E-state index in [4.69, 9.17) is 5.26 Å². The average Bonchev–Trinajstić information content (AvgIpc) is 2.75. The Hall–Kier alpha value is -2.75. The van der Waals surface area contributed by atoms with Gasteiger partial charge >= 0.3 is 0 Å². The molecule has 0 saturated carbocycles. The Morgan fingerprint density at radius 1 is 1.33 bits per heavy atom. The van der Waals surface area contributed by atoms with Crippen molar-refractivity contribution >= 4 is 17.7 Å². The Kier molecular flexibility index (Phi) is 2.94. The Morgan fingerprint density at radius 2 is 2.10 bits per heavy atom. The number of fused-ring (bicyclic) bond motifs is 1. The maximum atomic E-state index is 13.6. The Morgan fingerprint density at radius 3 is 2.76 bits per heavy atom. The van der Waals surface area contributed by atoms with E-state index in [0.717, 1.165) is 6.07 Å². The van der Waals surface area contributed by atoms with E-state index in [-0.39, 0.29) is 36.4 Å². The highest BCUT2D eigenvalue weighted by molar-refractivity contribution is 6.05. The minimum absolute atomic E-state index is 0.133. The van der Waals surface area contributed by atoms with Crippen molar-refractivity contribution < 1.29 is 18.8 Å². The largest absolute Gasteiger partial charge is 0.322 e. The van der Waals surface area contributed by atoms with Crippen LogP contribution in [0, 0.1) is 17.1 Å². The van der Waals surface area contributed by atoms with Crippen molar-refractivity contribution in [3.05, 3.63) is 34.6 Å². The molecule has 2 heterocycles. The maximum Gasteiger partial charge on any atom is 0.255 e. The molecule has 21 heavy (non-hydrogen) atoms. The Labute approximate surface area is 119 Å². The molecule has 0 spiro atoms. The van der Waals surface area contributed by atoms with E-state index in [1.165, 1.54) is 11.0 Å². The second-order valence-electron chi connectivity index (χ2n) is 5.00. The summed E-state index contributed by atoms with van der Waals surface area (Å²) in [4.78, 5) is 36.6. The van der Waals surface area contributed by atoms with Crippen molar-refractivity contribution in [1.82, 2.24) is 10.2 Å². The van der Waals surface area contributed by atoms with E-state index in [1.54, 1.807) is 6.07 Å². The number of imide groups is 1. The molecule has 3 rings (SSSR count). The topological polar surface area (TPSA) is 90.3 Å². The summed E-state index contributed by atoms with van der Waals surface area (Å²) in [5.41, 5.74) is 0.547. The number of hydrogen-bond donors (Lipinski definition) is 1. The van der Waals surface area contributed by atoms with Crippen LogP contribution in [-0.4, -0.2) is 28.7 Å². The van der Waals surface area contributed by atoms with Crippen LogP contribution in [0.3, 0.4) is 0 Å². The standard InChI is InChI=1S/C14H10FN3O3/c15-10-4-9-8(3-7(10)5-16)6-18(14(9)21)11-1-2-12(19)17-13(11)20/h3-4,11H,1-2,6H2,(H,17,19,20). The fraction of sp³-hybridized carbons (Fsp3) is 0.286. The van der Waals surface area contributed by atoms with Crippen LogP contribution in [0.1, 0.15) is 34.3 Å². The van der Waals surface area contributed by atoms with Crippen molar-refractivity contribution in [3.8, 4) is 6.07 Å². The molecule has 2 aliphatic rings. The molecule has 3 amide bonds. The summed E-state index contributed by atoms with van der Waals surface area (Å²) in [6.07, 6.45) is 0.409. The minimum Gasteiger partial charge on any atom is -0.322 e. The van der Waals surface area contributed by atoms with Gasteiger partial charge in [0.15, 0.2) is 0 Å². The zero-order chi connectivity index (χ0) is 15.1. The van der Waals surface area contributed by atoms with Crippen molar-refractivity contribution in [2.24, 2.45) is 0 Å². The molecule has 1 fully saturated rings. The van der Waals surface area contributed by atoms with Crippen LogP contribution in [0.4, 0.5) is 4.39 Å². The number of carbonyl (C=O) groups excluding carboxylic acids is 3. The lowest BCUT2D eigenvalue weighted by Gasteiger charge is -2.29. The quantitative estimate of drug-likeness (QED) is 0.760. The predicted molar refractivity (Wildman–Crippen MR) is 67.2 cm³/mol. The van der Waals surface area contributed by atoms with E-state index in [0.29, 0.717) is 5.56 Å². The fourth-order valence-electron chi connectivity index (χ4n) is 2.67. The molecule has 7 heteroatoms. The summed E-state index contributed by atoms with van der Waals surface area (Å²) in [6.45, 7) is 0.134. The number of amides is 3. The molecule has 0 aliphatic carbocycles. The van der Waals surface area contributed by atoms with E-state index >= 15 is 0 Å². The summed E-state index contributed by atoms with van der Waals surface area (Å²) in [7, 11) is 0. The van der Waals surface area contributed by atoms with Crippen LogP contribution in [0.25, 0.3) is 0 Å². The second-order valence-corrected chi connectivity index (χ2v) is 5.00. The molecule has 106 valence electrons. The molecule has 0 radical (unpaired) electrons. The van der Waals surface area contributed by atoms with Crippen LogP contribution in [0.5, 0.6) is 0 Å². The lowest BCUT2D eigenvalue weighted by Crippen LogP contribution is -2.52. The number of rotatable bonds is 1. The normalized spacial score (nSPS) is 21.0. The van der Waals surface area contributed by atoms with Gasteiger partial charge in [-0.3, -0.25) is 19.7 Å². The van der Waals surface area contributed by atoms with Gasteiger partial charge in [0.25, 0.3) is 5.91 Å². The number of benzene rings is 1. The van der Waals surface area contributed by atoms with E-state index < -0.39 is 23.7 Å². The van der Waals surface area contributed by atoms with Gasteiger partial charge in [-0.1, -0.05) is 0 Å². The van der Waals surface area contributed by atoms with Gasteiger partial charge < -0.3 is 4.90 Å². The van der Waals surface area contributed by atoms with Gasteiger partial charge in [0.2, 0.25) is 11.8 Å².